The quantitative estimate of drug-likeness (QED) is 0.884. The summed E-state index contributed by atoms with van der Waals surface area (Å²) < 4.78 is 1.55. The van der Waals surface area contributed by atoms with Gasteiger partial charge in [0.2, 0.25) is 0 Å². The molecular weight excluding hydrogens is 294 g/mol. The molecule has 1 saturated heterocycles. The minimum Gasteiger partial charge on any atom is -0.435 e. The van der Waals surface area contributed by atoms with Gasteiger partial charge in [-0.05, 0) is 19.1 Å². The summed E-state index contributed by atoms with van der Waals surface area (Å²) in [6.07, 6.45) is 1.21. The van der Waals surface area contributed by atoms with Crippen molar-refractivity contribution in [1.29, 1.82) is 0 Å². The third-order valence-electron chi connectivity index (χ3n) is 5.11. The van der Waals surface area contributed by atoms with Crippen LogP contribution in [0.5, 0.6) is 0 Å². The van der Waals surface area contributed by atoms with E-state index in [1.165, 1.54) is 0 Å². The van der Waals surface area contributed by atoms with Crippen LogP contribution in [0.4, 0.5) is 4.79 Å². The van der Waals surface area contributed by atoms with Gasteiger partial charge in [0.1, 0.15) is 11.9 Å². The number of fused-ring (bicyclic) bond motifs is 1. The molecular formula is C17H22N3O3+. The largest absolute Gasteiger partial charge is 0.521 e. The minimum atomic E-state index is -1.02. The number of carboxylic acid groups (broad SMARTS) is 1. The molecule has 3 rings (SSSR count). The summed E-state index contributed by atoms with van der Waals surface area (Å²) in [7, 11) is 1.93. The van der Waals surface area contributed by atoms with Crippen LogP contribution in [0.3, 0.4) is 0 Å². The lowest BCUT2D eigenvalue weighted by Crippen LogP contribution is -2.58. The number of imidazole rings is 1. The van der Waals surface area contributed by atoms with Crippen LogP contribution in [0, 0.1) is 0 Å². The molecule has 0 bridgehead atoms. The van der Waals surface area contributed by atoms with Crippen molar-refractivity contribution in [2.24, 2.45) is 7.05 Å². The van der Waals surface area contributed by atoms with Crippen molar-refractivity contribution in [3.63, 3.8) is 0 Å². The molecule has 122 valence electrons. The lowest BCUT2D eigenvalue weighted by molar-refractivity contribution is -0.792. The Hall–Kier alpha value is -2.21. The van der Waals surface area contributed by atoms with Crippen LogP contribution in [0.25, 0.3) is 11.0 Å². The molecule has 2 aromatic rings. The minimum absolute atomic E-state index is 0.152. The highest BCUT2D eigenvalue weighted by Gasteiger charge is 2.52. The maximum atomic E-state index is 12.7. The van der Waals surface area contributed by atoms with E-state index >= 15 is 0 Å². The molecule has 2 atom stereocenters. The number of benzene rings is 1. The molecule has 1 fully saturated rings. The fourth-order valence-corrected chi connectivity index (χ4v) is 3.68. The number of aromatic nitrogens is 2. The van der Waals surface area contributed by atoms with Crippen molar-refractivity contribution in [2.75, 3.05) is 6.54 Å². The van der Waals surface area contributed by atoms with Gasteiger partial charge in [0.25, 0.3) is 0 Å². The Labute approximate surface area is 134 Å². The molecule has 1 aromatic carbocycles. The van der Waals surface area contributed by atoms with E-state index in [9.17, 15) is 14.7 Å². The summed E-state index contributed by atoms with van der Waals surface area (Å²) in [6, 6.07) is 7.66. The molecule has 0 saturated carbocycles. The first-order valence-electron chi connectivity index (χ1n) is 8.02. The summed E-state index contributed by atoms with van der Waals surface area (Å²) >= 11 is 0. The van der Waals surface area contributed by atoms with E-state index in [1.807, 2.05) is 42.8 Å². The van der Waals surface area contributed by atoms with Gasteiger partial charge in [0.05, 0.1) is 24.0 Å². The molecule has 1 aliphatic rings. The van der Waals surface area contributed by atoms with E-state index in [0.29, 0.717) is 13.0 Å². The molecule has 23 heavy (non-hydrogen) atoms. The van der Waals surface area contributed by atoms with Gasteiger partial charge >= 0.3 is 12.0 Å². The Kier molecular flexibility index (Phi) is 3.93. The van der Waals surface area contributed by atoms with Gasteiger partial charge < -0.3 is 9.67 Å². The second kappa shape index (κ2) is 5.77. The van der Waals surface area contributed by atoms with Crippen molar-refractivity contribution in [3.8, 4) is 0 Å². The highest BCUT2D eigenvalue weighted by Crippen LogP contribution is 2.29. The molecule has 1 unspecified atom stereocenters. The number of carbonyl (C=O) groups is 2. The summed E-state index contributed by atoms with van der Waals surface area (Å²) in [5.41, 5.74) is 1.92. The molecule has 0 spiro atoms. The van der Waals surface area contributed by atoms with E-state index in [4.69, 9.17) is 0 Å². The number of aryl methyl sites for hydroxylation is 2. The fourth-order valence-electron chi connectivity index (χ4n) is 3.68. The summed E-state index contributed by atoms with van der Waals surface area (Å²) in [5, 5.41) is 9.60. The van der Waals surface area contributed by atoms with Crippen molar-refractivity contribution >= 4 is 23.0 Å². The van der Waals surface area contributed by atoms with E-state index in [0.717, 1.165) is 29.7 Å². The zero-order valence-electron chi connectivity index (χ0n) is 13.5. The van der Waals surface area contributed by atoms with Gasteiger partial charge in [0, 0.05) is 26.3 Å². The Morgan fingerprint density at radius 1 is 1.39 bits per heavy atom. The van der Waals surface area contributed by atoms with E-state index < -0.39 is 10.6 Å². The molecule has 1 aromatic heterocycles. The average molecular weight is 316 g/mol. The molecule has 2 heterocycles. The monoisotopic (exact) mass is 316 g/mol. The van der Waals surface area contributed by atoms with E-state index in [2.05, 4.69) is 4.98 Å². The van der Waals surface area contributed by atoms with Gasteiger partial charge in [-0.25, -0.2) is 9.78 Å². The number of amides is 2. The van der Waals surface area contributed by atoms with E-state index in [-0.39, 0.29) is 18.4 Å². The van der Waals surface area contributed by atoms with Crippen LogP contribution in [0.15, 0.2) is 24.3 Å². The van der Waals surface area contributed by atoms with Crippen LogP contribution >= 0.6 is 0 Å². The molecule has 6 heteroatoms. The van der Waals surface area contributed by atoms with Gasteiger partial charge in [0.15, 0.2) is 0 Å². The van der Waals surface area contributed by atoms with Crippen LogP contribution in [0.1, 0.15) is 32.0 Å². The standard InChI is InChI=1S/C17H21N3O3/c1-12-6-5-11-20(12,17(22)23)16(21)10-9-15-18-13-7-3-4-8-14(13)19(15)2/h3-4,7-8,12H,5-6,9-11H2,1-2H3/p+1/t12-,20?/m1/s1. The van der Waals surface area contributed by atoms with Crippen LogP contribution in [-0.4, -0.2) is 43.7 Å². The molecule has 0 aliphatic carbocycles. The first-order chi connectivity index (χ1) is 11.0. The zero-order valence-corrected chi connectivity index (χ0v) is 13.5. The number of hydrogen-bond donors (Lipinski definition) is 1. The second-order valence-electron chi connectivity index (χ2n) is 6.34. The van der Waals surface area contributed by atoms with Crippen molar-refractivity contribution in [2.45, 2.75) is 38.6 Å². The van der Waals surface area contributed by atoms with Gasteiger partial charge in [-0.1, -0.05) is 12.1 Å². The van der Waals surface area contributed by atoms with Crippen molar-refractivity contribution in [3.05, 3.63) is 30.1 Å². The van der Waals surface area contributed by atoms with Crippen LogP contribution in [0.2, 0.25) is 0 Å². The smallest absolute Gasteiger partial charge is 0.435 e. The summed E-state index contributed by atoms with van der Waals surface area (Å²) in [6.45, 7) is 2.26. The van der Waals surface area contributed by atoms with E-state index in [1.54, 1.807) is 0 Å². The average Bonchev–Trinajstić information content (AvgIpc) is 3.07. The zero-order chi connectivity index (χ0) is 16.6. The fraction of sp³-hybridized carbons (Fsp3) is 0.471. The molecule has 1 aliphatic heterocycles. The third kappa shape index (κ3) is 2.43. The SMILES string of the molecule is C[C@@H]1CCC[N+]1(C(=O)O)C(=O)CCc1nc2ccccc2n1C. The summed E-state index contributed by atoms with van der Waals surface area (Å²) in [4.78, 5) is 29.0. The molecule has 6 nitrogen and oxygen atoms in total. The van der Waals surface area contributed by atoms with Crippen LogP contribution < -0.4 is 0 Å². The highest BCUT2D eigenvalue weighted by atomic mass is 16.4. The maximum absolute atomic E-state index is 12.7. The molecule has 1 N–H and O–H groups in total. The second-order valence-corrected chi connectivity index (χ2v) is 6.34. The number of rotatable bonds is 3. The first-order valence-corrected chi connectivity index (χ1v) is 8.02. The maximum Gasteiger partial charge on any atom is 0.521 e. The summed E-state index contributed by atoms with van der Waals surface area (Å²) in [5.74, 6) is 0.601. The number of hydrogen-bond acceptors (Lipinski definition) is 3. The van der Waals surface area contributed by atoms with Crippen molar-refractivity contribution in [1.82, 2.24) is 9.55 Å². The predicted octanol–water partition coefficient (Wildman–Crippen LogP) is 2.71. The van der Waals surface area contributed by atoms with Crippen LogP contribution in [-0.2, 0) is 18.3 Å². The third-order valence-corrected chi connectivity index (χ3v) is 5.11. The highest BCUT2D eigenvalue weighted by molar-refractivity contribution is 5.81. The lowest BCUT2D eigenvalue weighted by Gasteiger charge is -2.29. The number of nitrogens with zero attached hydrogens (tertiary/aromatic N) is 3. The first kappa shape index (κ1) is 15.7. The predicted molar refractivity (Wildman–Crippen MR) is 85.9 cm³/mol. The van der Waals surface area contributed by atoms with Gasteiger partial charge in [-0.15, -0.1) is 0 Å². The van der Waals surface area contributed by atoms with Gasteiger partial charge in [-0.3, -0.25) is 0 Å². The Bertz CT molecular complexity index is 768. The van der Waals surface area contributed by atoms with Crippen molar-refractivity contribution < 1.29 is 19.2 Å². The normalized spacial score (nSPS) is 24.2. The molecule has 2 amide bonds. The number of quaternary nitrogens is 1. The number of imide groups is 1. The Morgan fingerprint density at radius 3 is 2.74 bits per heavy atom. The molecule has 0 radical (unpaired) electrons. The lowest BCUT2D eigenvalue weighted by atomic mass is 10.2. The Morgan fingerprint density at radius 2 is 2.13 bits per heavy atom. The number of likely N-dealkylation sites (tertiary alicyclic amines) is 1. The number of para-hydroxylation sites is 2. The van der Waals surface area contributed by atoms with Gasteiger partial charge in [-0.2, -0.15) is 9.28 Å². The Balaban J connectivity index is 1.80. The topological polar surface area (TPSA) is 72.2 Å². The number of carbonyl (C=O) groups excluding carboxylic acids is 1.